The van der Waals surface area contributed by atoms with Crippen molar-refractivity contribution in [1.82, 2.24) is 14.2 Å². The third-order valence-corrected chi connectivity index (χ3v) is 7.33. The molecule has 0 aliphatic carbocycles. The van der Waals surface area contributed by atoms with Gasteiger partial charge in [0, 0.05) is 26.2 Å². The molecule has 1 aliphatic heterocycles. The number of rotatable bonds is 5. The van der Waals surface area contributed by atoms with E-state index < -0.39 is 15.8 Å². The zero-order chi connectivity index (χ0) is 20.4. The Kier molecular flexibility index (Phi) is 5.57. The molecule has 1 fully saturated rings. The van der Waals surface area contributed by atoms with Gasteiger partial charge in [0.2, 0.25) is 15.9 Å². The van der Waals surface area contributed by atoms with Gasteiger partial charge in [0.05, 0.1) is 10.6 Å². The zero-order valence-electron chi connectivity index (χ0n) is 15.3. The molecule has 2 heterocycles. The van der Waals surface area contributed by atoms with Gasteiger partial charge in [-0.1, -0.05) is 30.0 Å². The predicted molar refractivity (Wildman–Crippen MR) is 106 cm³/mol. The molecular formula is C19H18FN3O4S2. The van der Waals surface area contributed by atoms with Gasteiger partial charge in [-0.2, -0.15) is 4.31 Å². The molecule has 1 saturated heterocycles. The van der Waals surface area contributed by atoms with Crippen molar-refractivity contribution in [2.45, 2.75) is 10.1 Å². The van der Waals surface area contributed by atoms with Crippen LogP contribution < -0.4 is 0 Å². The number of carbonyl (C=O) groups is 1. The van der Waals surface area contributed by atoms with E-state index in [0.717, 1.165) is 11.6 Å². The SMILES string of the molecule is O=C(CSc1nc2ccccc2o1)N1CCN(S(=O)(=O)c2cccc(F)c2)CC1. The fraction of sp³-hybridized carbons (Fsp3) is 0.263. The monoisotopic (exact) mass is 435 g/mol. The highest BCUT2D eigenvalue weighted by Gasteiger charge is 2.30. The van der Waals surface area contributed by atoms with Crippen molar-refractivity contribution in [2.24, 2.45) is 0 Å². The number of oxazole rings is 1. The Morgan fingerprint density at radius 1 is 1.10 bits per heavy atom. The van der Waals surface area contributed by atoms with E-state index >= 15 is 0 Å². The fourth-order valence-corrected chi connectivity index (χ4v) is 5.28. The molecule has 0 radical (unpaired) electrons. The lowest BCUT2D eigenvalue weighted by molar-refractivity contribution is -0.129. The first kappa shape index (κ1) is 19.9. The van der Waals surface area contributed by atoms with Gasteiger partial charge in [-0.05, 0) is 30.3 Å². The maximum absolute atomic E-state index is 13.4. The molecule has 4 rings (SSSR count). The second-order valence-corrected chi connectivity index (χ2v) is 9.34. The highest BCUT2D eigenvalue weighted by atomic mass is 32.2. The summed E-state index contributed by atoms with van der Waals surface area (Å²) in [7, 11) is -3.78. The van der Waals surface area contributed by atoms with Gasteiger partial charge < -0.3 is 9.32 Å². The number of thioether (sulfide) groups is 1. The summed E-state index contributed by atoms with van der Waals surface area (Å²) in [6.45, 7) is 0.888. The van der Waals surface area contributed by atoms with Crippen LogP contribution in [0.1, 0.15) is 0 Å². The Hall–Kier alpha value is -2.43. The Bertz CT molecular complexity index is 1110. The average Bonchev–Trinajstić information content (AvgIpc) is 3.15. The van der Waals surface area contributed by atoms with Crippen LogP contribution in [0.4, 0.5) is 4.39 Å². The molecule has 1 amide bonds. The second-order valence-electron chi connectivity index (χ2n) is 6.48. The van der Waals surface area contributed by atoms with Gasteiger partial charge in [-0.3, -0.25) is 4.79 Å². The molecule has 0 spiro atoms. The van der Waals surface area contributed by atoms with Gasteiger partial charge in [0.1, 0.15) is 11.3 Å². The fourth-order valence-electron chi connectivity index (χ4n) is 3.08. The summed E-state index contributed by atoms with van der Waals surface area (Å²) in [6, 6.07) is 12.3. The normalized spacial score (nSPS) is 15.7. The van der Waals surface area contributed by atoms with Crippen LogP contribution in [0.15, 0.2) is 63.1 Å². The van der Waals surface area contributed by atoms with Crippen molar-refractivity contribution in [3.05, 3.63) is 54.3 Å². The Labute approximate surface area is 171 Å². The molecule has 1 aliphatic rings. The number of sulfonamides is 1. The average molecular weight is 436 g/mol. The summed E-state index contributed by atoms with van der Waals surface area (Å²) in [5.41, 5.74) is 1.40. The molecule has 3 aromatic rings. The summed E-state index contributed by atoms with van der Waals surface area (Å²) >= 11 is 1.21. The van der Waals surface area contributed by atoms with Crippen LogP contribution in [0.5, 0.6) is 0 Å². The van der Waals surface area contributed by atoms with Gasteiger partial charge in [0.15, 0.2) is 5.58 Å². The van der Waals surface area contributed by atoms with Gasteiger partial charge in [0.25, 0.3) is 5.22 Å². The molecule has 152 valence electrons. The molecule has 1 aromatic heterocycles. The predicted octanol–water partition coefficient (Wildman–Crippen LogP) is 2.59. The number of piperazine rings is 1. The van der Waals surface area contributed by atoms with Crippen molar-refractivity contribution < 1.29 is 22.0 Å². The van der Waals surface area contributed by atoms with Crippen molar-refractivity contribution in [3.8, 4) is 0 Å². The van der Waals surface area contributed by atoms with E-state index in [1.807, 2.05) is 24.3 Å². The topological polar surface area (TPSA) is 83.7 Å². The summed E-state index contributed by atoms with van der Waals surface area (Å²) < 4.78 is 45.5. The largest absolute Gasteiger partial charge is 0.431 e. The number of benzene rings is 2. The maximum atomic E-state index is 13.4. The van der Waals surface area contributed by atoms with E-state index in [2.05, 4.69) is 4.98 Å². The van der Waals surface area contributed by atoms with E-state index in [-0.39, 0.29) is 42.7 Å². The van der Waals surface area contributed by atoms with Crippen molar-refractivity contribution in [2.75, 3.05) is 31.9 Å². The first-order valence-corrected chi connectivity index (χ1v) is 11.4. The van der Waals surface area contributed by atoms with Crippen LogP contribution >= 0.6 is 11.8 Å². The summed E-state index contributed by atoms with van der Waals surface area (Å²) in [5.74, 6) is -0.556. The van der Waals surface area contributed by atoms with Crippen LogP contribution in [0, 0.1) is 5.82 Å². The standard InChI is InChI=1S/C19H18FN3O4S2/c20-14-4-3-5-15(12-14)29(25,26)23-10-8-22(9-11-23)18(24)13-28-19-21-16-6-1-2-7-17(16)27-19/h1-7,12H,8-11,13H2. The minimum absolute atomic E-state index is 0.0798. The number of nitrogens with zero attached hydrogens (tertiary/aromatic N) is 3. The molecule has 29 heavy (non-hydrogen) atoms. The lowest BCUT2D eigenvalue weighted by atomic mass is 10.3. The number of halogens is 1. The number of amides is 1. The van der Waals surface area contributed by atoms with Crippen LogP contribution in [0.2, 0.25) is 0 Å². The minimum Gasteiger partial charge on any atom is -0.431 e. The number of para-hydroxylation sites is 2. The summed E-state index contributed by atoms with van der Waals surface area (Å²) in [5, 5.41) is 0.423. The molecule has 2 aromatic carbocycles. The Morgan fingerprint density at radius 3 is 2.59 bits per heavy atom. The quantitative estimate of drug-likeness (QED) is 0.573. The molecule has 0 unspecified atom stereocenters. The molecular weight excluding hydrogens is 417 g/mol. The highest BCUT2D eigenvalue weighted by Crippen LogP contribution is 2.24. The van der Waals surface area contributed by atoms with E-state index in [1.165, 1.54) is 34.3 Å². The highest BCUT2D eigenvalue weighted by molar-refractivity contribution is 7.99. The van der Waals surface area contributed by atoms with E-state index in [9.17, 15) is 17.6 Å². The number of hydrogen-bond acceptors (Lipinski definition) is 6. The lowest BCUT2D eigenvalue weighted by Gasteiger charge is -2.33. The smallest absolute Gasteiger partial charge is 0.257 e. The number of aromatic nitrogens is 1. The third kappa shape index (κ3) is 4.29. The molecule has 0 bridgehead atoms. The van der Waals surface area contributed by atoms with Crippen LogP contribution in [-0.4, -0.2) is 60.4 Å². The second kappa shape index (κ2) is 8.13. The summed E-state index contributed by atoms with van der Waals surface area (Å²) in [4.78, 5) is 18.3. The van der Waals surface area contributed by atoms with Crippen LogP contribution in [0.25, 0.3) is 11.1 Å². The third-order valence-electron chi connectivity index (χ3n) is 4.62. The lowest BCUT2D eigenvalue weighted by Crippen LogP contribution is -2.50. The van der Waals surface area contributed by atoms with Crippen molar-refractivity contribution in [3.63, 3.8) is 0 Å². The van der Waals surface area contributed by atoms with Crippen molar-refractivity contribution in [1.29, 1.82) is 0 Å². The number of fused-ring (bicyclic) bond motifs is 1. The molecule has 0 N–H and O–H groups in total. The molecule has 7 nitrogen and oxygen atoms in total. The molecule has 0 atom stereocenters. The Morgan fingerprint density at radius 2 is 1.86 bits per heavy atom. The first-order chi connectivity index (χ1) is 13.9. The van der Waals surface area contributed by atoms with Crippen molar-refractivity contribution >= 4 is 38.8 Å². The molecule has 10 heteroatoms. The number of hydrogen-bond donors (Lipinski definition) is 0. The van der Waals surface area contributed by atoms with E-state index in [1.54, 1.807) is 4.90 Å². The van der Waals surface area contributed by atoms with E-state index in [4.69, 9.17) is 4.42 Å². The van der Waals surface area contributed by atoms with E-state index in [0.29, 0.717) is 10.8 Å². The first-order valence-electron chi connectivity index (χ1n) is 8.95. The maximum Gasteiger partial charge on any atom is 0.257 e. The summed E-state index contributed by atoms with van der Waals surface area (Å²) in [6.07, 6.45) is 0. The Balaban J connectivity index is 1.33. The minimum atomic E-state index is -3.78. The molecule has 0 saturated carbocycles. The van der Waals surface area contributed by atoms with Gasteiger partial charge in [-0.15, -0.1) is 0 Å². The van der Waals surface area contributed by atoms with Gasteiger partial charge >= 0.3 is 0 Å². The number of carbonyl (C=O) groups excluding carboxylic acids is 1. The zero-order valence-corrected chi connectivity index (χ0v) is 17.0. The van der Waals surface area contributed by atoms with Crippen LogP contribution in [0.3, 0.4) is 0 Å². The van der Waals surface area contributed by atoms with Crippen LogP contribution in [-0.2, 0) is 14.8 Å². The van der Waals surface area contributed by atoms with Gasteiger partial charge in [-0.25, -0.2) is 17.8 Å².